The summed E-state index contributed by atoms with van der Waals surface area (Å²) >= 11 is 0. The zero-order valence-electron chi connectivity index (χ0n) is 14.3. The maximum Gasteiger partial charge on any atom is 0.225 e. The summed E-state index contributed by atoms with van der Waals surface area (Å²) in [6.07, 6.45) is 1.08. The van der Waals surface area contributed by atoms with Gasteiger partial charge >= 0.3 is 0 Å². The van der Waals surface area contributed by atoms with E-state index in [2.05, 4.69) is 34.1 Å². The number of rotatable bonds is 6. The van der Waals surface area contributed by atoms with Gasteiger partial charge in [-0.15, -0.1) is 0 Å². The minimum atomic E-state index is -0.384. The molecule has 0 atom stereocenters. The molecule has 1 aliphatic rings. The van der Waals surface area contributed by atoms with E-state index in [0.717, 1.165) is 18.7 Å². The van der Waals surface area contributed by atoms with Crippen LogP contribution in [0.4, 0.5) is 0 Å². The van der Waals surface area contributed by atoms with Crippen molar-refractivity contribution in [3.05, 3.63) is 34.9 Å². The highest BCUT2D eigenvalue weighted by molar-refractivity contribution is 5.81. The van der Waals surface area contributed by atoms with Crippen molar-refractivity contribution in [2.24, 2.45) is 5.41 Å². The topological polar surface area (TPSA) is 70.2 Å². The number of nitrogens with one attached hydrogen (secondary N) is 3. The Hall–Kier alpha value is -1.88. The molecule has 0 aliphatic carbocycles. The summed E-state index contributed by atoms with van der Waals surface area (Å²) in [5.74, 6) is 0.0401. The minimum Gasteiger partial charge on any atom is -0.356 e. The van der Waals surface area contributed by atoms with Gasteiger partial charge in [-0.05, 0) is 23.1 Å². The van der Waals surface area contributed by atoms with E-state index in [-0.39, 0.29) is 17.2 Å². The summed E-state index contributed by atoms with van der Waals surface area (Å²) in [5.41, 5.74) is 3.41. The zero-order valence-corrected chi connectivity index (χ0v) is 14.3. The molecule has 0 saturated carbocycles. The van der Waals surface area contributed by atoms with Crippen LogP contribution in [0.2, 0.25) is 0 Å². The van der Waals surface area contributed by atoms with Gasteiger partial charge < -0.3 is 16.0 Å². The molecule has 1 aromatic rings. The third-order valence-corrected chi connectivity index (χ3v) is 3.94. The molecule has 0 aromatic heterocycles. The number of amides is 2. The van der Waals surface area contributed by atoms with Crippen LogP contribution in [0.5, 0.6) is 0 Å². The molecule has 0 spiro atoms. The molecule has 0 saturated heterocycles. The summed E-state index contributed by atoms with van der Waals surface area (Å²) in [4.78, 5) is 23.6. The Labute approximate surface area is 138 Å². The molecule has 23 heavy (non-hydrogen) atoms. The van der Waals surface area contributed by atoms with Crippen LogP contribution < -0.4 is 16.0 Å². The van der Waals surface area contributed by atoms with Gasteiger partial charge in [-0.1, -0.05) is 39.0 Å². The van der Waals surface area contributed by atoms with E-state index in [1.54, 1.807) is 0 Å². The molecular weight excluding hydrogens is 290 g/mol. The van der Waals surface area contributed by atoms with Gasteiger partial charge in [-0.2, -0.15) is 0 Å². The highest BCUT2D eigenvalue weighted by Gasteiger charge is 2.20. The second-order valence-electron chi connectivity index (χ2n) is 7.09. The molecule has 126 valence electrons. The molecule has 2 rings (SSSR count). The lowest BCUT2D eigenvalue weighted by Crippen LogP contribution is -2.35. The number of benzene rings is 1. The second-order valence-corrected chi connectivity index (χ2v) is 7.09. The van der Waals surface area contributed by atoms with Crippen molar-refractivity contribution >= 4 is 11.8 Å². The van der Waals surface area contributed by atoms with Gasteiger partial charge in [-0.25, -0.2) is 0 Å². The number of fused-ring (bicyclic) bond motifs is 1. The monoisotopic (exact) mass is 317 g/mol. The average Bonchev–Trinajstić information content (AvgIpc) is 2.95. The lowest BCUT2D eigenvalue weighted by Gasteiger charge is -2.17. The van der Waals surface area contributed by atoms with Crippen molar-refractivity contribution in [1.82, 2.24) is 16.0 Å². The molecule has 0 unspecified atom stereocenters. The number of hydrogen-bond donors (Lipinski definition) is 3. The maximum absolute atomic E-state index is 11.9. The van der Waals surface area contributed by atoms with Crippen LogP contribution in [0.1, 0.15) is 50.3 Å². The lowest BCUT2D eigenvalue weighted by atomic mass is 9.96. The summed E-state index contributed by atoms with van der Waals surface area (Å²) in [6, 6.07) is 6.34. The summed E-state index contributed by atoms with van der Waals surface area (Å²) < 4.78 is 0. The van der Waals surface area contributed by atoms with E-state index in [9.17, 15) is 9.59 Å². The molecule has 0 radical (unpaired) electrons. The second kappa shape index (κ2) is 7.59. The molecule has 1 heterocycles. The largest absolute Gasteiger partial charge is 0.356 e. The van der Waals surface area contributed by atoms with Gasteiger partial charge in [0.2, 0.25) is 11.8 Å². The fraction of sp³-hybridized carbons (Fsp3) is 0.556. The van der Waals surface area contributed by atoms with Crippen LogP contribution in [0.15, 0.2) is 18.2 Å². The molecule has 5 nitrogen and oxygen atoms in total. The van der Waals surface area contributed by atoms with Gasteiger partial charge in [0.15, 0.2) is 0 Å². The molecule has 0 fully saturated rings. The molecule has 2 amide bonds. The average molecular weight is 317 g/mol. The van der Waals surface area contributed by atoms with E-state index in [1.165, 1.54) is 11.1 Å². The SMILES string of the molecule is CC(C)(C)C(=O)NCCCC(=O)NCc1ccc2c(c1)CNC2. The van der Waals surface area contributed by atoms with Crippen LogP contribution in [0.3, 0.4) is 0 Å². The molecule has 1 aliphatic heterocycles. The molecule has 5 heteroatoms. The van der Waals surface area contributed by atoms with Crippen LogP contribution >= 0.6 is 0 Å². The van der Waals surface area contributed by atoms with Gasteiger partial charge in [-0.3, -0.25) is 9.59 Å². The first-order chi connectivity index (χ1) is 10.9. The van der Waals surface area contributed by atoms with E-state index < -0.39 is 0 Å². The Morgan fingerprint density at radius 1 is 1.13 bits per heavy atom. The third-order valence-electron chi connectivity index (χ3n) is 3.94. The van der Waals surface area contributed by atoms with E-state index >= 15 is 0 Å². The predicted molar refractivity (Wildman–Crippen MR) is 90.5 cm³/mol. The third kappa shape index (κ3) is 5.36. The van der Waals surface area contributed by atoms with E-state index in [1.807, 2.05) is 20.8 Å². The molecule has 0 bridgehead atoms. The lowest BCUT2D eigenvalue weighted by molar-refractivity contribution is -0.128. The van der Waals surface area contributed by atoms with Crippen molar-refractivity contribution in [3.63, 3.8) is 0 Å². The van der Waals surface area contributed by atoms with Gasteiger partial charge in [0.1, 0.15) is 0 Å². The van der Waals surface area contributed by atoms with Crippen LogP contribution in [0.25, 0.3) is 0 Å². The molecule has 1 aromatic carbocycles. The summed E-state index contributed by atoms with van der Waals surface area (Å²) in [7, 11) is 0. The highest BCUT2D eigenvalue weighted by Crippen LogP contribution is 2.17. The standard InChI is InChI=1S/C18H27N3O2/c1-18(2,3)17(23)20-8-4-5-16(22)21-10-13-6-7-14-11-19-12-15(14)9-13/h6-7,9,19H,4-5,8,10-12H2,1-3H3,(H,20,23)(H,21,22). The fourth-order valence-corrected chi connectivity index (χ4v) is 2.46. The maximum atomic E-state index is 11.9. The number of carbonyl (C=O) groups is 2. The van der Waals surface area contributed by atoms with Crippen molar-refractivity contribution in [2.75, 3.05) is 6.54 Å². The normalized spacial score (nSPS) is 13.5. The van der Waals surface area contributed by atoms with Crippen LogP contribution in [-0.4, -0.2) is 18.4 Å². The zero-order chi connectivity index (χ0) is 16.9. The smallest absolute Gasteiger partial charge is 0.225 e. The van der Waals surface area contributed by atoms with Crippen molar-refractivity contribution in [3.8, 4) is 0 Å². The van der Waals surface area contributed by atoms with Gasteiger partial charge in [0.25, 0.3) is 0 Å². The van der Waals surface area contributed by atoms with E-state index in [0.29, 0.717) is 25.9 Å². The predicted octanol–water partition coefficient (Wildman–Crippen LogP) is 1.85. The Bertz CT molecular complexity index is 576. The number of carbonyl (C=O) groups excluding carboxylic acids is 2. The van der Waals surface area contributed by atoms with Crippen molar-refractivity contribution in [1.29, 1.82) is 0 Å². The van der Waals surface area contributed by atoms with E-state index in [4.69, 9.17) is 0 Å². The van der Waals surface area contributed by atoms with Crippen molar-refractivity contribution < 1.29 is 9.59 Å². The minimum absolute atomic E-state index is 0.0182. The number of hydrogen-bond acceptors (Lipinski definition) is 3. The molecule has 3 N–H and O–H groups in total. The Balaban J connectivity index is 1.65. The highest BCUT2D eigenvalue weighted by atomic mass is 16.2. The Morgan fingerprint density at radius 2 is 1.87 bits per heavy atom. The van der Waals surface area contributed by atoms with Crippen LogP contribution in [-0.2, 0) is 29.2 Å². The van der Waals surface area contributed by atoms with Crippen molar-refractivity contribution in [2.45, 2.75) is 53.2 Å². The first kappa shape index (κ1) is 17.5. The quantitative estimate of drug-likeness (QED) is 0.701. The Morgan fingerprint density at radius 3 is 2.61 bits per heavy atom. The first-order valence-electron chi connectivity index (χ1n) is 8.22. The molecular formula is C18H27N3O2. The first-order valence-corrected chi connectivity index (χ1v) is 8.22. The Kier molecular flexibility index (Phi) is 5.77. The summed E-state index contributed by atoms with van der Waals surface area (Å²) in [5, 5.41) is 9.10. The van der Waals surface area contributed by atoms with Crippen LogP contribution in [0, 0.1) is 5.41 Å². The fourth-order valence-electron chi connectivity index (χ4n) is 2.46. The summed E-state index contributed by atoms with van der Waals surface area (Å²) in [6.45, 7) is 8.56. The van der Waals surface area contributed by atoms with Gasteiger partial charge in [0.05, 0.1) is 0 Å². The van der Waals surface area contributed by atoms with Gasteiger partial charge in [0, 0.05) is 38.0 Å².